The SMILES string of the molecule is CCCCCCCCc1cccc(NC(=O)[C@@H](N)CO)c1. The lowest BCUT2D eigenvalue weighted by atomic mass is 10.0. The number of hydrogen-bond acceptors (Lipinski definition) is 3. The van der Waals surface area contributed by atoms with Crippen LogP contribution in [0.1, 0.15) is 51.0 Å². The van der Waals surface area contributed by atoms with Crippen molar-refractivity contribution in [1.82, 2.24) is 0 Å². The summed E-state index contributed by atoms with van der Waals surface area (Å²) in [5, 5.41) is 11.6. The number of carbonyl (C=O) groups excluding carboxylic acids is 1. The highest BCUT2D eigenvalue weighted by molar-refractivity contribution is 5.94. The lowest BCUT2D eigenvalue weighted by Gasteiger charge is -2.10. The zero-order valence-electron chi connectivity index (χ0n) is 13.0. The number of carbonyl (C=O) groups is 1. The minimum atomic E-state index is -0.868. The van der Waals surface area contributed by atoms with Crippen LogP contribution in [-0.4, -0.2) is 23.7 Å². The van der Waals surface area contributed by atoms with Crippen LogP contribution in [0.4, 0.5) is 5.69 Å². The summed E-state index contributed by atoms with van der Waals surface area (Å²) in [4.78, 5) is 11.6. The van der Waals surface area contributed by atoms with Crippen LogP contribution >= 0.6 is 0 Å². The van der Waals surface area contributed by atoms with Crippen molar-refractivity contribution >= 4 is 11.6 Å². The number of benzene rings is 1. The lowest BCUT2D eigenvalue weighted by molar-refractivity contribution is -0.118. The molecule has 0 saturated heterocycles. The minimum absolute atomic E-state index is 0.344. The Labute approximate surface area is 127 Å². The van der Waals surface area contributed by atoms with Crippen molar-refractivity contribution < 1.29 is 9.90 Å². The van der Waals surface area contributed by atoms with Crippen LogP contribution in [0.15, 0.2) is 24.3 Å². The Morgan fingerprint density at radius 2 is 1.95 bits per heavy atom. The van der Waals surface area contributed by atoms with Gasteiger partial charge >= 0.3 is 0 Å². The molecule has 21 heavy (non-hydrogen) atoms. The predicted molar refractivity (Wildman–Crippen MR) is 87.2 cm³/mol. The molecule has 0 unspecified atom stereocenters. The highest BCUT2D eigenvalue weighted by Gasteiger charge is 2.11. The standard InChI is InChI=1S/C17H28N2O2/c1-2-3-4-5-6-7-9-14-10-8-11-15(12-14)19-17(21)16(18)13-20/h8,10-12,16,20H,2-7,9,13,18H2,1H3,(H,19,21)/t16-/m0/s1. The average Bonchev–Trinajstić information content (AvgIpc) is 2.50. The van der Waals surface area contributed by atoms with Gasteiger partial charge in [0.05, 0.1) is 6.61 Å². The molecule has 0 aliphatic heterocycles. The van der Waals surface area contributed by atoms with Gasteiger partial charge < -0.3 is 16.2 Å². The van der Waals surface area contributed by atoms with Gasteiger partial charge in [0.25, 0.3) is 0 Å². The Balaban J connectivity index is 2.36. The highest BCUT2D eigenvalue weighted by atomic mass is 16.3. The van der Waals surface area contributed by atoms with Gasteiger partial charge in [-0.05, 0) is 30.5 Å². The van der Waals surface area contributed by atoms with Crippen molar-refractivity contribution in [3.8, 4) is 0 Å². The van der Waals surface area contributed by atoms with Gasteiger partial charge in [0.15, 0.2) is 0 Å². The summed E-state index contributed by atoms with van der Waals surface area (Å²) in [6.45, 7) is 1.88. The third-order valence-corrected chi connectivity index (χ3v) is 3.55. The second-order valence-electron chi connectivity index (χ2n) is 5.50. The molecular weight excluding hydrogens is 264 g/mol. The smallest absolute Gasteiger partial charge is 0.243 e. The van der Waals surface area contributed by atoms with Crippen LogP contribution < -0.4 is 11.1 Å². The van der Waals surface area contributed by atoms with E-state index in [1.807, 2.05) is 18.2 Å². The first kappa shape index (κ1) is 17.7. The summed E-state index contributed by atoms with van der Waals surface area (Å²) in [6.07, 6.45) is 8.69. The molecule has 0 saturated carbocycles. The molecule has 0 bridgehead atoms. The molecule has 1 aromatic rings. The molecule has 0 aromatic heterocycles. The van der Waals surface area contributed by atoms with E-state index in [9.17, 15) is 4.79 Å². The molecule has 0 aliphatic carbocycles. The number of nitrogens with one attached hydrogen (secondary N) is 1. The van der Waals surface area contributed by atoms with E-state index in [2.05, 4.69) is 18.3 Å². The van der Waals surface area contributed by atoms with E-state index in [4.69, 9.17) is 10.8 Å². The van der Waals surface area contributed by atoms with Gasteiger partial charge in [-0.1, -0.05) is 51.2 Å². The van der Waals surface area contributed by atoms with Gasteiger partial charge in [-0.25, -0.2) is 0 Å². The molecule has 118 valence electrons. The fraction of sp³-hybridized carbons (Fsp3) is 0.588. The zero-order valence-corrected chi connectivity index (χ0v) is 13.0. The molecule has 0 fully saturated rings. The van der Waals surface area contributed by atoms with Gasteiger partial charge in [-0.15, -0.1) is 0 Å². The second-order valence-corrected chi connectivity index (χ2v) is 5.50. The van der Waals surface area contributed by atoms with Crippen LogP contribution in [0.25, 0.3) is 0 Å². The van der Waals surface area contributed by atoms with E-state index in [1.54, 1.807) is 0 Å². The van der Waals surface area contributed by atoms with Crippen LogP contribution in [-0.2, 0) is 11.2 Å². The number of rotatable bonds is 10. The van der Waals surface area contributed by atoms with Gasteiger partial charge in [0, 0.05) is 5.69 Å². The number of hydrogen-bond donors (Lipinski definition) is 3. The molecule has 4 nitrogen and oxygen atoms in total. The first-order valence-corrected chi connectivity index (χ1v) is 7.93. The average molecular weight is 292 g/mol. The minimum Gasteiger partial charge on any atom is -0.394 e. The fourth-order valence-electron chi connectivity index (χ4n) is 2.23. The lowest BCUT2D eigenvalue weighted by Crippen LogP contribution is -2.38. The summed E-state index contributed by atoms with van der Waals surface area (Å²) in [5.41, 5.74) is 7.44. The quantitative estimate of drug-likeness (QED) is 0.580. The zero-order chi connectivity index (χ0) is 15.5. The number of aliphatic hydroxyl groups is 1. The third kappa shape index (κ3) is 7.25. The van der Waals surface area contributed by atoms with E-state index in [-0.39, 0.29) is 12.5 Å². The molecule has 1 atom stereocenters. The number of anilines is 1. The maximum absolute atomic E-state index is 11.6. The largest absolute Gasteiger partial charge is 0.394 e. The van der Waals surface area contributed by atoms with Crippen LogP contribution in [0.5, 0.6) is 0 Å². The number of amides is 1. The van der Waals surface area contributed by atoms with Gasteiger partial charge in [-0.3, -0.25) is 4.79 Å². The maximum atomic E-state index is 11.6. The molecule has 0 radical (unpaired) electrons. The van der Waals surface area contributed by atoms with E-state index < -0.39 is 6.04 Å². The maximum Gasteiger partial charge on any atom is 0.243 e. The summed E-state index contributed by atoms with van der Waals surface area (Å²) >= 11 is 0. The Bertz CT molecular complexity index is 421. The number of aliphatic hydroxyl groups excluding tert-OH is 1. The van der Waals surface area contributed by atoms with E-state index in [0.29, 0.717) is 0 Å². The molecule has 0 heterocycles. The van der Waals surface area contributed by atoms with Gasteiger partial charge in [-0.2, -0.15) is 0 Å². The summed E-state index contributed by atoms with van der Waals surface area (Å²) in [5.74, 6) is -0.353. The fourth-order valence-corrected chi connectivity index (χ4v) is 2.23. The topological polar surface area (TPSA) is 75.4 Å². The predicted octanol–water partition coefficient (Wildman–Crippen LogP) is 2.85. The molecule has 1 rings (SSSR count). The molecule has 1 aromatic carbocycles. The van der Waals surface area contributed by atoms with Crippen molar-refractivity contribution in [3.05, 3.63) is 29.8 Å². The van der Waals surface area contributed by atoms with Gasteiger partial charge in [0.2, 0.25) is 5.91 Å². The first-order valence-electron chi connectivity index (χ1n) is 7.93. The van der Waals surface area contributed by atoms with Crippen LogP contribution in [0, 0.1) is 0 Å². The molecule has 0 spiro atoms. The normalized spacial score (nSPS) is 12.1. The Kier molecular flexibility index (Phi) is 8.71. The number of nitrogens with two attached hydrogens (primary N) is 1. The molecular formula is C17H28N2O2. The molecule has 1 amide bonds. The molecule has 0 aliphatic rings. The van der Waals surface area contributed by atoms with Gasteiger partial charge in [0.1, 0.15) is 6.04 Å². The summed E-state index contributed by atoms with van der Waals surface area (Å²) in [6, 6.07) is 6.97. The van der Waals surface area contributed by atoms with Crippen molar-refractivity contribution in [2.24, 2.45) is 5.73 Å². The second kappa shape index (κ2) is 10.4. The van der Waals surface area contributed by atoms with Crippen LogP contribution in [0.3, 0.4) is 0 Å². The van der Waals surface area contributed by atoms with Crippen molar-refractivity contribution in [2.45, 2.75) is 57.9 Å². The Morgan fingerprint density at radius 1 is 1.24 bits per heavy atom. The van der Waals surface area contributed by atoms with E-state index >= 15 is 0 Å². The summed E-state index contributed by atoms with van der Waals surface area (Å²) in [7, 11) is 0. The monoisotopic (exact) mass is 292 g/mol. The molecule has 4 N–H and O–H groups in total. The first-order chi connectivity index (χ1) is 10.2. The van der Waals surface area contributed by atoms with Crippen molar-refractivity contribution in [2.75, 3.05) is 11.9 Å². The molecule has 4 heteroatoms. The number of unbranched alkanes of at least 4 members (excludes halogenated alkanes) is 5. The summed E-state index contributed by atoms with van der Waals surface area (Å²) < 4.78 is 0. The van der Waals surface area contributed by atoms with E-state index in [1.165, 1.54) is 44.1 Å². The third-order valence-electron chi connectivity index (χ3n) is 3.55. The van der Waals surface area contributed by atoms with E-state index in [0.717, 1.165) is 12.1 Å². The van der Waals surface area contributed by atoms with Crippen molar-refractivity contribution in [3.63, 3.8) is 0 Å². The Morgan fingerprint density at radius 3 is 2.67 bits per heavy atom. The number of aryl methyl sites for hydroxylation is 1. The Hall–Kier alpha value is -1.39. The van der Waals surface area contributed by atoms with Crippen molar-refractivity contribution in [1.29, 1.82) is 0 Å². The highest BCUT2D eigenvalue weighted by Crippen LogP contribution is 2.14. The van der Waals surface area contributed by atoms with Crippen LogP contribution in [0.2, 0.25) is 0 Å².